The van der Waals surface area contributed by atoms with Crippen LogP contribution in [-0.2, 0) is 4.74 Å². The van der Waals surface area contributed by atoms with E-state index in [1.807, 2.05) is 32.1 Å². The van der Waals surface area contributed by atoms with Crippen molar-refractivity contribution in [1.29, 1.82) is 0 Å². The molecule has 3 N–H and O–H groups in total. The second kappa shape index (κ2) is 10.7. The molecule has 1 unspecified atom stereocenters. The third kappa shape index (κ3) is 5.64. The molecular weight excluding hydrogens is 420 g/mol. The van der Waals surface area contributed by atoms with Gasteiger partial charge >= 0.3 is 5.69 Å². The van der Waals surface area contributed by atoms with Crippen LogP contribution in [0.15, 0.2) is 47.3 Å². The smallest absolute Gasteiger partial charge is 0.348 e. The van der Waals surface area contributed by atoms with Gasteiger partial charge in [0.15, 0.2) is 5.82 Å². The normalized spacial score (nSPS) is 19.8. The van der Waals surface area contributed by atoms with Crippen molar-refractivity contribution in [3.8, 4) is 22.9 Å². The summed E-state index contributed by atoms with van der Waals surface area (Å²) in [7, 11) is 3.78. The highest BCUT2D eigenvalue weighted by atomic mass is 16.5. The van der Waals surface area contributed by atoms with E-state index < -0.39 is 5.69 Å². The number of nitrogens with one attached hydrogen (secondary N) is 1. The number of ether oxygens (including phenoxy) is 1. The van der Waals surface area contributed by atoms with Gasteiger partial charge in [0, 0.05) is 31.5 Å². The first-order chi connectivity index (χ1) is 15.7. The van der Waals surface area contributed by atoms with Crippen LogP contribution in [-0.4, -0.2) is 63.2 Å². The Kier molecular flexibility index (Phi) is 7.94. The van der Waals surface area contributed by atoms with Gasteiger partial charge in [0.25, 0.3) is 0 Å². The molecule has 1 aromatic carbocycles. The van der Waals surface area contributed by atoms with Gasteiger partial charge in [0.05, 0.1) is 12.2 Å². The number of methoxy groups -OCH3 is 1. The third-order valence-corrected chi connectivity index (χ3v) is 6.05. The molecule has 1 heterocycles. The zero-order chi connectivity index (χ0) is 24.1. The Hall–Kier alpha value is -3.10. The van der Waals surface area contributed by atoms with Crippen molar-refractivity contribution >= 4 is 5.70 Å². The molecule has 1 aliphatic rings. The lowest BCUT2D eigenvalue weighted by Gasteiger charge is -2.27. The molecule has 33 heavy (non-hydrogen) atoms. The highest BCUT2D eigenvalue weighted by molar-refractivity contribution is 5.72. The summed E-state index contributed by atoms with van der Waals surface area (Å²) in [5.74, 6) is 0.183. The molecule has 1 aliphatic carbocycles. The zero-order valence-electron chi connectivity index (χ0n) is 19.8. The molecule has 8 heteroatoms. The highest BCUT2D eigenvalue weighted by Gasteiger charge is 2.21. The number of H-pyrrole nitrogens is 1. The summed E-state index contributed by atoms with van der Waals surface area (Å²) < 4.78 is 6.66. The van der Waals surface area contributed by atoms with Crippen LogP contribution in [0.3, 0.4) is 0 Å². The summed E-state index contributed by atoms with van der Waals surface area (Å²) in [4.78, 5) is 15.0. The van der Waals surface area contributed by atoms with Crippen LogP contribution in [0, 0.1) is 0 Å². The van der Waals surface area contributed by atoms with E-state index in [0.717, 1.165) is 31.4 Å². The molecule has 0 bridgehead atoms. The van der Waals surface area contributed by atoms with E-state index in [1.54, 1.807) is 13.2 Å². The topological polar surface area (TPSA) is 104 Å². The molecule has 3 rings (SSSR count). The van der Waals surface area contributed by atoms with Crippen molar-refractivity contribution in [3.63, 3.8) is 0 Å². The fourth-order valence-electron chi connectivity index (χ4n) is 4.08. The van der Waals surface area contributed by atoms with Gasteiger partial charge in [-0.2, -0.15) is 5.10 Å². The summed E-state index contributed by atoms with van der Waals surface area (Å²) in [5, 5.41) is 27.4. The Morgan fingerprint density at radius 1 is 1.30 bits per heavy atom. The Bertz CT molecular complexity index is 1110. The summed E-state index contributed by atoms with van der Waals surface area (Å²) in [6, 6.07) is 3.29. The Morgan fingerprint density at radius 3 is 2.76 bits per heavy atom. The molecule has 0 aliphatic heterocycles. The molecular formula is C25H34N4O4. The summed E-state index contributed by atoms with van der Waals surface area (Å²) in [5.41, 5.74) is 2.26. The summed E-state index contributed by atoms with van der Waals surface area (Å²) in [6.45, 7) is 9.58. The maximum Gasteiger partial charge on any atom is 0.348 e. The number of rotatable bonds is 7. The first-order valence-electron chi connectivity index (χ1n) is 11.2. The average Bonchev–Trinajstić information content (AvgIpc) is 3.17. The van der Waals surface area contributed by atoms with E-state index in [1.165, 1.54) is 10.6 Å². The first kappa shape index (κ1) is 24.5. The third-order valence-electron chi connectivity index (χ3n) is 6.05. The number of hydrogen-bond donors (Lipinski definition) is 3. The van der Waals surface area contributed by atoms with Crippen LogP contribution in [0.5, 0.6) is 11.5 Å². The number of aromatic amines is 1. The maximum absolute atomic E-state index is 12.8. The van der Waals surface area contributed by atoms with Crippen LogP contribution >= 0.6 is 0 Å². The van der Waals surface area contributed by atoms with Crippen molar-refractivity contribution in [2.24, 2.45) is 0 Å². The second-order valence-corrected chi connectivity index (χ2v) is 8.80. The van der Waals surface area contributed by atoms with Crippen molar-refractivity contribution in [3.05, 3.63) is 58.6 Å². The SMILES string of the molecule is C=C1/C=C\C(n2c(-c3cc(C(C)C)c(O)cc3O)n[nH]c2=O)=C/CCC(N(C)CCOC)C1. The van der Waals surface area contributed by atoms with Gasteiger partial charge in [0.1, 0.15) is 11.5 Å². The van der Waals surface area contributed by atoms with Crippen LogP contribution < -0.4 is 5.69 Å². The fraction of sp³-hybridized carbons (Fsp3) is 0.440. The van der Waals surface area contributed by atoms with Crippen molar-refractivity contribution in [1.82, 2.24) is 19.7 Å². The molecule has 0 radical (unpaired) electrons. The van der Waals surface area contributed by atoms with Crippen molar-refractivity contribution in [2.75, 3.05) is 27.3 Å². The minimum atomic E-state index is -0.405. The van der Waals surface area contributed by atoms with E-state index in [-0.39, 0.29) is 23.2 Å². The van der Waals surface area contributed by atoms with E-state index in [9.17, 15) is 15.0 Å². The number of likely N-dealkylation sites (N-methyl/N-ethyl adjacent to an activating group) is 1. The predicted octanol–water partition coefficient (Wildman–Crippen LogP) is 3.86. The highest BCUT2D eigenvalue weighted by Crippen LogP contribution is 2.37. The lowest BCUT2D eigenvalue weighted by Crippen LogP contribution is -2.34. The predicted molar refractivity (Wildman–Crippen MR) is 130 cm³/mol. The first-order valence-corrected chi connectivity index (χ1v) is 11.2. The molecule has 8 nitrogen and oxygen atoms in total. The van der Waals surface area contributed by atoms with Gasteiger partial charge in [-0.3, -0.25) is 0 Å². The van der Waals surface area contributed by atoms with Gasteiger partial charge in [-0.25, -0.2) is 14.5 Å². The summed E-state index contributed by atoms with van der Waals surface area (Å²) in [6.07, 6.45) is 8.27. The average molecular weight is 455 g/mol. The van der Waals surface area contributed by atoms with Gasteiger partial charge < -0.3 is 19.8 Å². The minimum Gasteiger partial charge on any atom is -0.508 e. The summed E-state index contributed by atoms with van der Waals surface area (Å²) >= 11 is 0. The lowest BCUT2D eigenvalue weighted by molar-refractivity contribution is 0.135. The standard InChI is InChI=1S/C25H34N4O4/c1-16(2)20-14-21(23(31)15-22(20)30)24-26-27-25(32)29(24)18-7-6-8-19(13-17(3)9-10-18)28(4)11-12-33-5/h7,9-10,14-16,19,30-31H,3,6,8,11-13H2,1-2,4-5H3,(H,27,32)/b10-9-,18-7+. The Labute approximate surface area is 194 Å². The van der Waals surface area contributed by atoms with E-state index in [0.29, 0.717) is 29.5 Å². The fourth-order valence-corrected chi connectivity index (χ4v) is 4.08. The molecule has 0 saturated heterocycles. The number of aromatic hydroxyl groups is 2. The monoisotopic (exact) mass is 454 g/mol. The van der Waals surface area contributed by atoms with E-state index >= 15 is 0 Å². The number of hydrogen-bond acceptors (Lipinski definition) is 6. The van der Waals surface area contributed by atoms with Crippen LogP contribution in [0.2, 0.25) is 0 Å². The van der Waals surface area contributed by atoms with Gasteiger partial charge in [-0.15, -0.1) is 0 Å². The quantitative estimate of drug-likeness (QED) is 0.587. The molecule has 178 valence electrons. The molecule has 0 amide bonds. The van der Waals surface area contributed by atoms with Crippen molar-refractivity contribution < 1.29 is 14.9 Å². The molecule has 1 atom stereocenters. The zero-order valence-corrected chi connectivity index (χ0v) is 19.8. The Balaban J connectivity index is 2.00. The number of benzene rings is 1. The number of nitrogens with zero attached hydrogens (tertiary/aromatic N) is 3. The van der Waals surface area contributed by atoms with Crippen LogP contribution in [0.25, 0.3) is 17.1 Å². The molecule has 2 aromatic rings. The second-order valence-electron chi connectivity index (χ2n) is 8.80. The molecule has 1 aromatic heterocycles. The van der Waals surface area contributed by atoms with E-state index in [2.05, 4.69) is 28.7 Å². The van der Waals surface area contributed by atoms with Gasteiger partial charge in [0.2, 0.25) is 0 Å². The van der Waals surface area contributed by atoms with Crippen molar-refractivity contribution in [2.45, 2.75) is 45.1 Å². The molecule has 0 spiro atoms. The number of phenols is 2. The van der Waals surface area contributed by atoms with Crippen LogP contribution in [0.1, 0.15) is 44.6 Å². The van der Waals surface area contributed by atoms with E-state index in [4.69, 9.17) is 4.74 Å². The molecule has 0 fully saturated rings. The largest absolute Gasteiger partial charge is 0.508 e. The number of aromatic nitrogens is 3. The van der Waals surface area contributed by atoms with Gasteiger partial charge in [-0.1, -0.05) is 38.2 Å². The minimum absolute atomic E-state index is 0.0113. The van der Waals surface area contributed by atoms with Gasteiger partial charge in [-0.05, 0) is 49.9 Å². The number of allylic oxidation sites excluding steroid dienone is 4. The Morgan fingerprint density at radius 2 is 2.06 bits per heavy atom. The number of phenolic OH excluding ortho intramolecular Hbond substituents is 2. The van der Waals surface area contributed by atoms with Crippen LogP contribution in [0.4, 0.5) is 0 Å². The lowest BCUT2D eigenvalue weighted by atomic mass is 9.98. The molecule has 0 saturated carbocycles. The maximum atomic E-state index is 12.8.